The Morgan fingerprint density at radius 3 is 2.72 bits per heavy atom. The summed E-state index contributed by atoms with van der Waals surface area (Å²) < 4.78 is 0. The first kappa shape index (κ1) is 12.9. The van der Waals surface area contributed by atoms with Crippen LogP contribution >= 0.6 is 0 Å². The second kappa shape index (κ2) is 4.79. The summed E-state index contributed by atoms with van der Waals surface area (Å²) in [6.07, 6.45) is 9.80. The Labute approximate surface area is 111 Å². The molecule has 104 valence electrons. The molecule has 0 aliphatic heterocycles. The van der Waals surface area contributed by atoms with E-state index in [1.807, 2.05) is 0 Å². The average molecular weight is 252 g/mol. The SMILES string of the molecule is C[C@]12CC[C@@H]3C[C@H](CCO)CC[C@H]3[C@@H]1CC[C@@H]2O. The lowest BCUT2D eigenvalue weighted by atomic mass is 9.55. The highest BCUT2D eigenvalue weighted by Gasteiger charge is 2.54. The van der Waals surface area contributed by atoms with E-state index in [2.05, 4.69) is 6.92 Å². The third-order valence-electron chi connectivity index (χ3n) is 6.62. The van der Waals surface area contributed by atoms with E-state index in [1.54, 1.807) is 0 Å². The molecule has 3 rings (SSSR count). The summed E-state index contributed by atoms with van der Waals surface area (Å²) in [6.45, 7) is 2.70. The lowest BCUT2D eigenvalue weighted by molar-refractivity contribution is -0.0532. The first-order valence-electron chi connectivity index (χ1n) is 7.94. The molecular weight excluding hydrogens is 224 g/mol. The van der Waals surface area contributed by atoms with Crippen LogP contribution in [-0.4, -0.2) is 22.9 Å². The van der Waals surface area contributed by atoms with Gasteiger partial charge >= 0.3 is 0 Å². The van der Waals surface area contributed by atoms with E-state index in [4.69, 9.17) is 5.11 Å². The maximum absolute atomic E-state index is 10.3. The Kier molecular flexibility index (Phi) is 3.44. The molecule has 6 atom stereocenters. The Bertz CT molecular complexity index is 303. The summed E-state index contributed by atoms with van der Waals surface area (Å²) in [6, 6.07) is 0. The summed E-state index contributed by atoms with van der Waals surface area (Å²) in [5.41, 5.74) is 0.227. The zero-order valence-electron chi connectivity index (χ0n) is 11.6. The minimum absolute atomic E-state index is 0.0429. The molecule has 0 heterocycles. The summed E-state index contributed by atoms with van der Waals surface area (Å²) in [5.74, 6) is 3.31. The van der Waals surface area contributed by atoms with Crippen LogP contribution in [0.1, 0.15) is 58.3 Å². The number of fused-ring (bicyclic) bond motifs is 3. The maximum atomic E-state index is 10.3. The predicted molar refractivity (Wildman–Crippen MR) is 72.1 cm³/mol. The molecule has 3 fully saturated rings. The van der Waals surface area contributed by atoms with Crippen LogP contribution in [0.25, 0.3) is 0 Å². The van der Waals surface area contributed by atoms with Crippen molar-refractivity contribution in [3.63, 3.8) is 0 Å². The molecule has 18 heavy (non-hydrogen) atoms. The van der Waals surface area contributed by atoms with Gasteiger partial charge in [0.2, 0.25) is 0 Å². The maximum Gasteiger partial charge on any atom is 0.0596 e. The summed E-state index contributed by atoms with van der Waals surface area (Å²) >= 11 is 0. The first-order chi connectivity index (χ1) is 8.65. The molecule has 0 aromatic carbocycles. The summed E-state index contributed by atoms with van der Waals surface area (Å²) in [7, 11) is 0. The topological polar surface area (TPSA) is 40.5 Å². The third-order valence-corrected chi connectivity index (χ3v) is 6.62. The second-order valence-corrected chi connectivity index (χ2v) is 7.36. The molecule has 3 saturated carbocycles. The van der Waals surface area contributed by atoms with Gasteiger partial charge in [0.05, 0.1) is 6.10 Å². The number of hydrogen-bond donors (Lipinski definition) is 2. The second-order valence-electron chi connectivity index (χ2n) is 7.36. The van der Waals surface area contributed by atoms with Crippen molar-refractivity contribution in [2.75, 3.05) is 6.61 Å². The van der Waals surface area contributed by atoms with E-state index in [0.29, 0.717) is 6.61 Å². The third kappa shape index (κ3) is 1.92. The largest absolute Gasteiger partial charge is 0.396 e. The van der Waals surface area contributed by atoms with E-state index in [-0.39, 0.29) is 11.5 Å². The molecule has 0 saturated heterocycles. The van der Waals surface area contributed by atoms with Gasteiger partial charge in [-0.25, -0.2) is 0 Å². The number of aliphatic hydroxyl groups is 2. The molecule has 0 spiro atoms. The Morgan fingerprint density at radius 1 is 1.11 bits per heavy atom. The minimum Gasteiger partial charge on any atom is -0.396 e. The van der Waals surface area contributed by atoms with Crippen molar-refractivity contribution in [3.8, 4) is 0 Å². The normalized spacial score (nSPS) is 51.8. The van der Waals surface area contributed by atoms with Crippen molar-refractivity contribution in [3.05, 3.63) is 0 Å². The number of hydrogen-bond acceptors (Lipinski definition) is 2. The van der Waals surface area contributed by atoms with Gasteiger partial charge in [0, 0.05) is 6.61 Å². The lowest BCUT2D eigenvalue weighted by Gasteiger charge is -2.51. The van der Waals surface area contributed by atoms with Gasteiger partial charge in [-0.2, -0.15) is 0 Å². The molecule has 3 aliphatic rings. The molecular formula is C16H28O2. The molecule has 2 N–H and O–H groups in total. The monoisotopic (exact) mass is 252 g/mol. The van der Waals surface area contributed by atoms with Gasteiger partial charge in [0.1, 0.15) is 0 Å². The molecule has 0 amide bonds. The van der Waals surface area contributed by atoms with Crippen molar-refractivity contribution in [1.29, 1.82) is 0 Å². The molecule has 0 radical (unpaired) electrons. The number of rotatable bonds is 2. The van der Waals surface area contributed by atoms with E-state index in [1.165, 1.54) is 38.5 Å². The van der Waals surface area contributed by atoms with Crippen LogP contribution in [-0.2, 0) is 0 Å². The van der Waals surface area contributed by atoms with Crippen molar-refractivity contribution in [2.45, 2.75) is 64.4 Å². The molecule has 0 aromatic heterocycles. The van der Waals surface area contributed by atoms with Gasteiger partial charge < -0.3 is 10.2 Å². The standard InChI is InChI=1S/C16H28O2/c1-16-8-6-12-10-11(7-9-17)2-3-13(12)14(16)4-5-15(16)18/h11-15,17-18H,2-10H2,1H3/t11-,12+,13+,14-,15-,16-/m0/s1. The van der Waals surface area contributed by atoms with Crippen LogP contribution in [0.15, 0.2) is 0 Å². The molecule has 2 nitrogen and oxygen atoms in total. The highest BCUT2D eigenvalue weighted by molar-refractivity contribution is 5.03. The highest BCUT2D eigenvalue weighted by Crippen LogP contribution is 2.59. The molecule has 0 bridgehead atoms. The lowest BCUT2D eigenvalue weighted by Crippen LogP contribution is -2.45. The van der Waals surface area contributed by atoms with E-state index in [9.17, 15) is 5.11 Å². The average Bonchev–Trinajstić information content (AvgIpc) is 2.67. The van der Waals surface area contributed by atoms with E-state index in [0.717, 1.165) is 36.5 Å². The summed E-state index contributed by atoms with van der Waals surface area (Å²) in [4.78, 5) is 0. The smallest absolute Gasteiger partial charge is 0.0596 e. The highest BCUT2D eigenvalue weighted by atomic mass is 16.3. The fraction of sp³-hybridized carbons (Fsp3) is 1.00. The predicted octanol–water partition coefficient (Wildman–Crippen LogP) is 2.97. The molecule has 0 aromatic rings. The molecule has 2 heteroatoms. The Morgan fingerprint density at radius 2 is 1.94 bits per heavy atom. The first-order valence-corrected chi connectivity index (χ1v) is 7.94. The van der Waals surface area contributed by atoms with Gasteiger partial charge in [-0.15, -0.1) is 0 Å². The minimum atomic E-state index is -0.0429. The van der Waals surface area contributed by atoms with Gasteiger partial charge in [0.25, 0.3) is 0 Å². The van der Waals surface area contributed by atoms with Gasteiger partial charge in [0.15, 0.2) is 0 Å². The van der Waals surface area contributed by atoms with E-state index >= 15 is 0 Å². The van der Waals surface area contributed by atoms with Crippen molar-refractivity contribution >= 4 is 0 Å². The van der Waals surface area contributed by atoms with Gasteiger partial charge in [-0.1, -0.05) is 13.3 Å². The van der Waals surface area contributed by atoms with Crippen molar-refractivity contribution in [2.24, 2.45) is 29.1 Å². The zero-order chi connectivity index (χ0) is 12.8. The van der Waals surface area contributed by atoms with E-state index < -0.39 is 0 Å². The Balaban J connectivity index is 1.71. The van der Waals surface area contributed by atoms with Crippen LogP contribution in [0.5, 0.6) is 0 Å². The Hall–Kier alpha value is -0.0800. The fourth-order valence-corrected chi connectivity index (χ4v) is 5.49. The molecule has 3 aliphatic carbocycles. The zero-order valence-corrected chi connectivity index (χ0v) is 11.6. The van der Waals surface area contributed by atoms with Crippen molar-refractivity contribution < 1.29 is 10.2 Å². The summed E-state index contributed by atoms with van der Waals surface area (Å²) in [5, 5.41) is 19.4. The fourth-order valence-electron chi connectivity index (χ4n) is 5.49. The quantitative estimate of drug-likeness (QED) is 0.793. The number of aliphatic hydroxyl groups excluding tert-OH is 2. The van der Waals surface area contributed by atoms with Gasteiger partial charge in [-0.05, 0) is 74.0 Å². The van der Waals surface area contributed by atoms with Gasteiger partial charge in [-0.3, -0.25) is 0 Å². The van der Waals surface area contributed by atoms with Crippen LogP contribution in [0.2, 0.25) is 0 Å². The van der Waals surface area contributed by atoms with Crippen LogP contribution < -0.4 is 0 Å². The molecule has 0 unspecified atom stereocenters. The van der Waals surface area contributed by atoms with Crippen molar-refractivity contribution in [1.82, 2.24) is 0 Å². The van der Waals surface area contributed by atoms with Crippen LogP contribution in [0.4, 0.5) is 0 Å². The van der Waals surface area contributed by atoms with Crippen LogP contribution in [0.3, 0.4) is 0 Å². The van der Waals surface area contributed by atoms with Crippen LogP contribution in [0, 0.1) is 29.1 Å².